The van der Waals surface area contributed by atoms with Crippen molar-refractivity contribution in [1.29, 1.82) is 0 Å². The fraction of sp³-hybridized carbons (Fsp3) is 0.100. The number of aromatic nitrogens is 1. The number of thiocarbonyl (C=S) groups is 1. The van der Waals surface area contributed by atoms with E-state index in [1.54, 1.807) is 6.08 Å². The van der Waals surface area contributed by atoms with Gasteiger partial charge >= 0.3 is 0 Å². The summed E-state index contributed by atoms with van der Waals surface area (Å²) in [4.78, 5) is 28.1. The molecule has 6 heteroatoms. The average molecular weight is 492 g/mol. The van der Waals surface area contributed by atoms with Gasteiger partial charge in [0.1, 0.15) is 5.57 Å². The number of para-hydroxylation sites is 1. The fourth-order valence-corrected chi connectivity index (χ4v) is 4.77. The van der Waals surface area contributed by atoms with Gasteiger partial charge in [-0.1, -0.05) is 54.6 Å². The van der Waals surface area contributed by atoms with E-state index in [0.29, 0.717) is 5.69 Å². The molecule has 0 atom stereocenters. The zero-order chi connectivity index (χ0) is 25.4. The predicted octanol–water partition coefficient (Wildman–Crippen LogP) is 5.90. The average Bonchev–Trinajstić information content (AvgIpc) is 3.20. The molecule has 36 heavy (non-hydrogen) atoms. The van der Waals surface area contributed by atoms with Crippen LogP contribution in [-0.4, -0.2) is 21.5 Å². The van der Waals surface area contributed by atoms with Gasteiger partial charge in [0.05, 0.1) is 11.4 Å². The number of hydrogen-bond acceptors (Lipinski definition) is 3. The molecule has 0 saturated carbocycles. The highest BCUT2D eigenvalue weighted by Gasteiger charge is 2.35. The van der Waals surface area contributed by atoms with Gasteiger partial charge in [0.15, 0.2) is 5.11 Å². The maximum absolute atomic E-state index is 13.7. The standard InChI is InChI=1S/C30H25N3O2S/c1-19-14-15-25(16-20(19)2)33-29(35)26(28(34)31-30(33)36)18-23-17-21(3)32(24-12-8-5-9-13-24)27(23)22-10-6-4-7-11-22/h4-18H,1-3H3,(H,31,34,36)/b26-18+. The van der Waals surface area contributed by atoms with Crippen LogP contribution < -0.4 is 10.2 Å². The lowest BCUT2D eigenvalue weighted by Gasteiger charge is -2.29. The van der Waals surface area contributed by atoms with E-state index in [2.05, 4.69) is 9.88 Å². The first kappa shape index (κ1) is 23.5. The quantitative estimate of drug-likeness (QED) is 0.220. The van der Waals surface area contributed by atoms with E-state index in [-0.39, 0.29) is 10.7 Å². The molecule has 1 saturated heterocycles. The summed E-state index contributed by atoms with van der Waals surface area (Å²) in [5, 5.41) is 2.77. The third kappa shape index (κ3) is 4.16. The van der Waals surface area contributed by atoms with Gasteiger partial charge in [-0.15, -0.1) is 0 Å². The van der Waals surface area contributed by atoms with Crippen LogP contribution in [0.25, 0.3) is 23.0 Å². The molecule has 0 unspecified atom stereocenters. The molecular formula is C30H25N3O2S. The van der Waals surface area contributed by atoms with E-state index >= 15 is 0 Å². The van der Waals surface area contributed by atoms with Gasteiger partial charge in [0, 0.05) is 16.9 Å². The van der Waals surface area contributed by atoms with Crippen molar-refractivity contribution in [1.82, 2.24) is 9.88 Å². The third-order valence-corrected chi connectivity index (χ3v) is 6.71. The number of rotatable bonds is 4. The van der Waals surface area contributed by atoms with Gasteiger partial charge in [-0.2, -0.15) is 0 Å². The van der Waals surface area contributed by atoms with Crippen LogP contribution in [0.5, 0.6) is 0 Å². The summed E-state index contributed by atoms with van der Waals surface area (Å²) in [7, 11) is 0. The molecule has 1 aliphatic rings. The van der Waals surface area contributed by atoms with Crippen LogP contribution in [-0.2, 0) is 9.59 Å². The number of anilines is 1. The summed E-state index contributed by atoms with van der Waals surface area (Å²) in [6, 6.07) is 27.7. The minimum absolute atomic E-state index is 0.0317. The maximum Gasteiger partial charge on any atom is 0.270 e. The van der Waals surface area contributed by atoms with E-state index < -0.39 is 11.8 Å². The van der Waals surface area contributed by atoms with Gasteiger partial charge in [0.25, 0.3) is 11.8 Å². The molecular weight excluding hydrogens is 466 g/mol. The van der Waals surface area contributed by atoms with Crippen molar-refractivity contribution in [3.05, 3.63) is 113 Å². The van der Waals surface area contributed by atoms with Crippen LogP contribution in [0.15, 0.2) is 90.5 Å². The summed E-state index contributed by atoms with van der Waals surface area (Å²) in [5.74, 6) is -0.953. The van der Waals surface area contributed by atoms with E-state index in [9.17, 15) is 9.59 Å². The molecule has 1 N–H and O–H groups in total. The van der Waals surface area contributed by atoms with Gasteiger partial charge < -0.3 is 4.57 Å². The third-order valence-electron chi connectivity index (χ3n) is 6.43. The molecule has 2 heterocycles. The number of aryl methyl sites for hydroxylation is 3. The Hall–Kier alpha value is -4.29. The molecule has 0 spiro atoms. The van der Waals surface area contributed by atoms with Gasteiger partial charge in [-0.3, -0.25) is 19.8 Å². The lowest BCUT2D eigenvalue weighted by Crippen LogP contribution is -2.54. The molecule has 5 nitrogen and oxygen atoms in total. The van der Waals surface area contributed by atoms with Crippen LogP contribution in [0.2, 0.25) is 0 Å². The minimum atomic E-state index is -0.505. The minimum Gasteiger partial charge on any atom is -0.313 e. The zero-order valence-corrected chi connectivity index (χ0v) is 21.1. The Bertz CT molecular complexity index is 1540. The van der Waals surface area contributed by atoms with Crippen molar-refractivity contribution in [3.8, 4) is 16.9 Å². The number of nitrogens with one attached hydrogen (secondary N) is 1. The van der Waals surface area contributed by atoms with Crippen molar-refractivity contribution in [2.24, 2.45) is 0 Å². The number of carbonyl (C=O) groups excluding carboxylic acids is 2. The lowest BCUT2D eigenvalue weighted by molar-refractivity contribution is -0.122. The highest BCUT2D eigenvalue weighted by molar-refractivity contribution is 7.80. The fourth-order valence-electron chi connectivity index (χ4n) is 4.49. The Balaban J connectivity index is 1.67. The zero-order valence-electron chi connectivity index (χ0n) is 20.3. The molecule has 178 valence electrons. The molecule has 3 aromatic carbocycles. The summed E-state index contributed by atoms with van der Waals surface area (Å²) < 4.78 is 2.14. The molecule has 0 aliphatic carbocycles. The van der Waals surface area contributed by atoms with Crippen LogP contribution in [0.4, 0.5) is 5.69 Å². The molecule has 5 rings (SSSR count). The normalized spacial score (nSPS) is 14.9. The van der Waals surface area contributed by atoms with Crippen molar-refractivity contribution in [3.63, 3.8) is 0 Å². The van der Waals surface area contributed by atoms with Gasteiger partial charge in [0.2, 0.25) is 0 Å². The van der Waals surface area contributed by atoms with Crippen LogP contribution in [0.1, 0.15) is 22.4 Å². The second-order valence-corrected chi connectivity index (χ2v) is 9.24. The van der Waals surface area contributed by atoms with Gasteiger partial charge in [-0.25, -0.2) is 0 Å². The number of carbonyl (C=O) groups is 2. The van der Waals surface area contributed by atoms with Crippen molar-refractivity contribution < 1.29 is 9.59 Å². The van der Waals surface area contributed by atoms with E-state index in [4.69, 9.17) is 12.2 Å². The van der Waals surface area contributed by atoms with Crippen LogP contribution >= 0.6 is 12.2 Å². The monoisotopic (exact) mass is 491 g/mol. The molecule has 2 amide bonds. The van der Waals surface area contributed by atoms with Crippen molar-refractivity contribution in [2.75, 3.05) is 4.90 Å². The Kier molecular flexibility index (Phi) is 6.12. The molecule has 1 fully saturated rings. The first-order valence-electron chi connectivity index (χ1n) is 11.7. The summed E-state index contributed by atoms with van der Waals surface area (Å²) in [5.41, 5.74) is 7.43. The smallest absolute Gasteiger partial charge is 0.270 e. The second-order valence-electron chi connectivity index (χ2n) is 8.85. The number of benzene rings is 3. The molecule has 1 aliphatic heterocycles. The molecule has 0 bridgehead atoms. The van der Waals surface area contributed by atoms with Crippen LogP contribution in [0, 0.1) is 20.8 Å². The van der Waals surface area contributed by atoms with Gasteiger partial charge in [-0.05, 0) is 86.1 Å². The second kappa shape index (κ2) is 9.40. The lowest BCUT2D eigenvalue weighted by atomic mass is 10.0. The van der Waals surface area contributed by atoms with E-state index in [1.807, 2.05) is 106 Å². The number of amides is 2. The number of nitrogens with zero attached hydrogens (tertiary/aromatic N) is 2. The Morgan fingerprint density at radius 2 is 1.44 bits per heavy atom. The largest absolute Gasteiger partial charge is 0.313 e. The highest BCUT2D eigenvalue weighted by Crippen LogP contribution is 2.33. The molecule has 4 aromatic rings. The van der Waals surface area contributed by atoms with Crippen molar-refractivity contribution in [2.45, 2.75) is 20.8 Å². The summed E-state index contributed by atoms with van der Waals surface area (Å²) >= 11 is 5.39. The van der Waals surface area contributed by atoms with Crippen LogP contribution in [0.3, 0.4) is 0 Å². The maximum atomic E-state index is 13.7. The van der Waals surface area contributed by atoms with Crippen molar-refractivity contribution >= 4 is 40.9 Å². The first-order chi connectivity index (χ1) is 17.3. The predicted molar refractivity (Wildman–Crippen MR) is 148 cm³/mol. The topological polar surface area (TPSA) is 54.3 Å². The molecule has 1 aromatic heterocycles. The summed E-state index contributed by atoms with van der Waals surface area (Å²) in [6.07, 6.45) is 1.67. The first-order valence-corrected chi connectivity index (χ1v) is 12.1. The SMILES string of the molecule is Cc1ccc(N2C(=O)/C(=C/c3cc(C)n(-c4ccccc4)c3-c3ccccc3)C(=O)NC2=S)cc1C. The highest BCUT2D eigenvalue weighted by atomic mass is 32.1. The number of hydrogen-bond donors (Lipinski definition) is 1. The molecule has 0 radical (unpaired) electrons. The Morgan fingerprint density at radius 3 is 2.11 bits per heavy atom. The Labute approximate surface area is 215 Å². The van der Waals surface area contributed by atoms with E-state index in [1.165, 1.54) is 4.90 Å². The van der Waals surface area contributed by atoms with E-state index in [0.717, 1.165) is 39.3 Å². The Morgan fingerprint density at radius 1 is 0.778 bits per heavy atom. The summed E-state index contributed by atoms with van der Waals surface area (Å²) in [6.45, 7) is 6.00.